The molecule has 0 atom stereocenters. The molecule has 0 fully saturated rings. The minimum absolute atomic E-state index is 0.119. The number of nitrogens with one attached hydrogen (secondary N) is 1. The number of carbonyl (C=O) groups is 1. The van der Waals surface area contributed by atoms with Gasteiger partial charge in [-0.2, -0.15) is 0 Å². The number of rotatable bonds is 3. The Kier molecular flexibility index (Phi) is 5.56. The van der Waals surface area contributed by atoms with Crippen molar-refractivity contribution in [2.24, 2.45) is 10.6 Å². The normalized spacial score (nSPS) is 12.3. The largest absolute Gasteiger partial charge is 0.351 e. The third kappa shape index (κ3) is 4.72. The minimum Gasteiger partial charge on any atom is -0.351 e. The highest BCUT2D eigenvalue weighted by Gasteiger charge is 2.26. The number of benzene rings is 1. The first-order valence-corrected chi connectivity index (χ1v) is 8.51. The zero-order valence-electron chi connectivity index (χ0n) is 11.6. The van der Waals surface area contributed by atoms with E-state index in [0.717, 1.165) is 6.07 Å². The van der Waals surface area contributed by atoms with Crippen molar-refractivity contribution in [3.8, 4) is 0 Å². The average Bonchev–Trinajstić information content (AvgIpc) is 2.29. The molecule has 0 aliphatic rings. The highest BCUT2D eigenvalue weighted by Crippen LogP contribution is 2.36. The van der Waals surface area contributed by atoms with Gasteiger partial charge in [-0.05, 0) is 11.5 Å². The van der Waals surface area contributed by atoms with Crippen LogP contribution in [-0.4, -0.2) is 20.9 Å². The van der Waals surface area contributed by atoms with E-state index in [9.17, 15) is 13.2 Å². The summed E-state index contributed by atoms with van der Waals surface area (Å²) in [5.41, 5.74) is -0.380. The molecule has 9 heteroatoms. The molecule has 0 aliphatic heterocycles. The van der Waals surface area contributed by atoms with Crippen LogP contribution in [0.25, 0.3) is 0 Å². The van der Waals surface area contributed by atoms with Crippen molar-refractivity contribution >= 4 is 50.7 Å². The maximum absolute atomic E-state index is 12.2. The Balaban J connectivity index is 3.36. The van der Waals surface area contributed by atoms with Gasteiger partial charge in [0.1, 0.15) is 4.90 Å². The van der Waals surface area contributed by atoms with Crippen LogP contribution in [0.2, 0.25) is 15.1 Å². The van der Waals surface area contributed by atoms with Gasteiger partial charge in [0.15, 0.2) is 0 Å². The fraction of sp³-hybridized carbons (Fsp3) is 0.417. The van der Waals surface area contributed by atoms with E-state index in [1.165, 1.54) is 0 Å². The molecule has 3 N–H and O–H groups in total. The molecule has 0 heterocycles. The van der Waals surface area contributed by atoms with Gasteiger partial charge in [-0.1, -0.05) is 55.6 Å². The van der Waals surface area contributed by atoms with Crippen LogP contribution in [0, 0.1) is 5.41 Å². The molecule has 0 saturated heterocycles. The van der Waals surface area contributed by atoms with E-state index in [1.54, 1.807) is 0 Å². The first-order valence-electron chi connectivity index (χ1n) is 5.83. The van der Waals surface area contributed by atoms with Crippen LogP contribution in [0.3, 0.4) is 0 Å². The first kappa shape index (κ1) is 18.5. The monoisotopic (exact) mass is 372 g/mol. The summed E-state index contributed by atoms with van der Waals surface area (Å²) in [7, 11) is -4.13. The molecule has 0 saturated carbocycles. The highest BCUT2D eigenvalue weighted by molar-refractivity contribution is 7.89. The van der Waals surface area contributed by atoms with Crippen LogP contribution in [0.15, 0.2) is 11.0 Å². The first-order chi connectivity index (χ1) is 9.34. The summed E-state index contributed by atoms with van der Waals surface area (Å²) in [6.07, 6.45) is 0. The van der Waals surface area contributed by atoms with E-state index < -0.39 is 20.8 Å². The van der Waals surface area contributed by atoms with Crippen LogP contribution in [0.4, 0.5) is 0 Å². The average molecular weight is 374 g/mol. The topological polar surface area (TPSA) is 89.3 Å². The van der Waals surface area contributed by atoms with Crippen molar-refractivity contribution in [1.82, 2.24) is 5.32 Å². The van der Waals surface area contributed by atoms with Crippen molar-refractivity contribution in [3.05, 3.63) is 26.7 Å². The summed E-state index contributed by atoms with van der Waals surface area (Å²) in [5.74, 6) is -0.618. The predicted molar refractivity (Wildman–Crippen MR) is 84.6 cm³/mol. The summed E-state index contributed by atoms with van der Waals surface area (Å²) in [6.45, 7) is 6.11. The molecule has 1 aromatic carbocycles. The van der Waals surface area contributed by atoms with Gasteiger partial charge in [-0.25, -0.2) is 13.6 Å². The lowest BCUT2D eigenvalue weighted by molar-refractivity contribution is 0.0939. The Morgan fingerprint density at radius 2 is 1.76 bits per heavy atom. The van der Waals surface area contributed by atoms with E-state index >= 15 is 0 Å². The second-order valence-corrected chi connectivity index (χ2v) is 8.34. The molecule has 118 valence electrons. The van der Waals surface area contributed by atoms with Crippen LogP contribution in [0.1, 0.15) is 31.1 Å². The number of halogens is 3. The summed E-state index contributed by atoms with van der Waals surface area (Å²) in [5, 5.41) is 7.07. The number of sulfonamides is 1. The molecule has 0 aliphatic carbocycles. The number of hydrogen-bond acceptors (Lipinski definition) is 3. The van der Waals surface area contributed by atoms with Gasteiger partial charge in [-0.3, -0.25) is 4.79 Å². The van der Waals surface area contributed by atoms with Gasteiger partial charge in [0.05, 0.1) is 20.6 Å². The molecule has 1 rings (SSSR count). The Labute approximate surface area is 138 Å². The summed E-state index contributed by atoms with van der Waals surface area (Å²) in [4.78, 5) is 11.7. The lowest BCUT2D eigenvalue weighted by atomic mass is 9.97. The zero-order valence-corrected chi connectivity index (χ0v) is 14.7. The number of nitrogens with two attached hydrogens (primary N) is 1. The second-order valence-electron chi connectivity index (χ2n) is 5.65. The van der Waals surface area contributed by atoms with E-state index in [4.69, 9.17) is 39.9 Å². The van der Waals surface area contributed by atoms with Crippen molar-refractivity contribution in [2.45, 2.75) is 25.7 Å². The molecule has 0 bridgehead atoms. The van der Waals surface area contributed by atoms with Crippen LogP contribution < -0.4 is 10.5 Å². The molecular formula is C12H15Cl3N2O3S. The van der Waals surface area contributed by atoms with Gasteiger partial charge in [0, 0.05) is 6.54 Å². The van der Waals surface area contributed by atoms with Gasteiger partial charge < -0.3 is 5.32 Å². The van der Waals surface area contributed by atoms with Crippen molar-refractivity contribution in [1.29, 1.82) is 0 Å². The third-order valence-electron chi connectivity index (χ3n) is 2.44. The lowest BCUT2D eigenvalue weighted by Crippen LogP contribution is -2.33. The van der Waals surface area contributed by atoms with Crippen LogP contribution >= 0.6 is 34.8 Å². The van der Waals surface area contributed by atoms with Gasteiger partial charge in [0.2, 0.25) is 10.0 Å². The Morgan fingerprint density at radius 1 is 1.24 bits per heavy atom. The van der Waals surface area contributed by atoms with Crippen LogP contribution in [0.5, 0.6) is 0 Å². The summed E-state index contributed by atoms with van der Waals surface area (Å²) < 4.78 is 22.9. The smallest absolute Gasteiger partial charge is 0.254 e. The molecule has 1 aromatic rings. The predicted octanol–water partition coefficient (Wildman–Crippen LogP) is 3.07. The maximum Gasteiger partial charge on any atom is 0.254 e. The van der Waals surface area contributed by atoms with Crippen molar-refractivity contribution in [2.75, 3.05) is 6.54 Å². The fourth-order valence-corrected chi connectivity index (χ4v) is 3.16. The Morgan fingerprint density at radius 3 is 2.19 bits per heavy atom. The van der Waals surface area contributed by atoms with Crippen molar-refractivity contribution < 1.29 is 13.2 Å². The molecule has 21 heavy (non-hydrogen) atoms. The van der Waals surface area contributed by atoms with E-state index in [0.29, 0.717) is 6.54 Å². The Bertz CT molecular complexity index is 682. The number of hydrogen-bond donors (Lipinski definition) is 2. The molecule has 1 amide bonds. The minimum atomic E-state index is -4.13. The lowest BCUT2D eigenvalue weighted by Gasteiger charge is -2.19. The standard InChI is InChI=1S/C12H15Cl3N2O3S/c1-12(2,3)5-17-11(18)8-9(14)6(13)4-7(10(8)15)21(16,19)20/h4H,5H2,1-3H3,(H,17,18)(H2,16,19,20). The fourth-order valence-electron chi connectivity index (χ4n) is 1.42. The third-order valence-corrected chi connectivity index (χ3v) is 4.66. The molecule has 0 aromatic heterocycles. The van der Waals surface area contributed by atoms with Gasteiger partial charge >= 0.3 is 0 Å². The second kappa shape index (κ2) is 6.30. The molecule has 5 nitrogen and oxygen atoms in total. The maximum atomic E-state index is 12.2. The molecular weight excluding hydrogens is 359 g/mol. The van der Waals surface area contributed by atoms with Crippen molar-refractivity contribution in [3.63, 3.8) is 0 Å². The van der Waals surface area contributed by atoms with E-state index in [-0.39, 0.29) is 26.0 Å². The molecule has 0 radical (unpaired) electrons. The highest BCUT2D eigenvalue weighted by atomic mass is 35.5. The zero-order chi connectivity index (χ0) is 16.6. The summed E-state index contributed by atoms with van der Waals surface area (Å²) >= 11 is 17.7. The number of carbonyl (C=O) groups excluding carboxylic acids is 1. The van der Waals surface area contributed by atoms with Crippen LogP contribution in [-0.2, 0) is 10.0 Å². The van der Waals surface area contributed by atoms with E-state index in [1.807, 2.05) is 20.8 Å². The molecule has 0 spiro atoms. The SMILES string of the molecule is CC(C)(C)CNC(=O)c1c(Cl)c(Cl)cc(S(N)(=O)=O)c1Cl. The van der Waals surface area contributed by atoms with Gasteiger partial charge in [0.25, 0.3) is 5.91 Å². The molecule has 0 unspecified atom stereocenters. The summed E-state index contributed by atoms with van der Waals surface area (Å²) in [6, 6.07) is 1.02. The number of amides is 1. The number of primary sulfonamides is 1. The van der Waals surface area contributed by atoms with E-state index in [2.05, 4.69) is 5.32 Å². The quantitative estimate of drug-likeness (QED) is 0.798. The Hall–Kier alpha value is -0.530. The van der Waals surface area contributed by atoms with Gasteiger partial charge in [-0.15, -0.1) is 0 Å².